The van der Waals surface area contributed by atoms with E-state index in [0.29, 0.717) is 13.0 Å². The molecule has 3 rings (SSSR count). The maximum atomic E-state index is 13.2. The zero-order valence-electron chi connectivity index (χ0n) is 19.4. The molecule has 1 saturated carbocycles. The van der Waals surface area contributed by atoms with Crippen molar-refractivity contribution < 1.29 is 9.59 Å². The average Bonchev–Trinajstić information content (AvgIpc) is 2.82. The molecule has 1 N–H and O–H groups in total. The lowest BCUT2D eigenvalue weighted by molar-refractivity contribution is -0.140. The molecule has 0 radical (unpaired) electrons. The smallest absolute Gasteiger partial charge is 0.242 e. The first kappa shape index (κ1) is 24.4. The molecule has 172 valence electrons. The molecule has 1 aliphatic carbocycles. The van der Waals surface area contributed by atoms with Crippen molar-refractivity contribution in [2.24, 2.45) is 0 Å². The Hall–Kier alpha value is -2.27. The van der Waals surface area contributed by atoms with Crippen LogP contribution in [0.3, 0.4) is 0 Å². The Morgan fingerprint density at radius 1 is 1.00 bits per heavy atom. The van der Waals surface area contributed by atoms with Gasteiger partial charge in [0.1, 0.15) is 6.04 Å². The van der Waals surface area contributed by atoms with Gasteiger partial charge in [-0.3, -0.25) is 9.59 Å². The third-order valence-electron chi connectivity index (χ3n) is 6.16. The van der Waals surface area contributed by atoms with E-state index in [2.05, 4.69) is 36.5 Å². The molecule has 0 aliphatic heterocycles. The van der Waals surface area contributed by atoms with Crippen molar-refractivity contribution in [2.75, 3.05) is 5.75 Å². The minimum atomic E-state index is -0.482. The summed E-state index contributed by atoms with van der Waals surface area (Å²) in [6, 6.07) is 18.3. The molecule has 32 heavy (non-hydrogen) atoms. The van der Waals surface area contributed by atoms with Crippen LogP contribution < -0.4 is 5.32 Å². The Morgan fingerprint density at radius 2 is 1.69 bits per heavy atom. The molecule has 0 unspecified atom stereocenters. The number of hydrogen-bond acceptors (Lipinski definition) is 3. The van der Waals surface area contributed by atoms with Crippen LogP contribution in [0, 0.1) is 6.92 Å². The van der Waals surface area contributed by atoms with Gasteiger partial charge in [-0.15, -0.1) is 0 Å². The maximum absolute atomic E-state index is 13.2. The normalized spacial score (nSPS) is 15.2. The molecule has 0 spiro atoms. The van der Waals surface area contributed by atoms with Gasteiger partial charge in [0.05, 0.1) is 0 Å². The summed E-state index contributed by atoms with van der Waals surface area (Å²) in [7, 11) is 0. The minimum absolute atomic E-state index is 0.0331. The molecule has 0 saturated heterocycles. The van der Waals surface area contributed by atoms with E-state index >= 15 is 0 Å². The Labute approximate surface area is 197 Å². The highest BCUT2D eigenvalue weighted by atomic mass is 32.2. The number of nitrogens with one attached hydrogen (secondary N) is 1. The standard InChI is InChI=1S/C27H36N2O2S/c1-21-13-15-23(16-14-21)19-29(22(2)27(31)28-25-11-7-4-8-12-25)26(30)17-18-32-20-24-9-5-3-6-10-24/h3,5-6,9-10,13-16,22,25H,4,7-8,11-12,17-20H2,1-2H3,(H,28,31)/t22-/m1/s1. The number of thioether (sulfide) groups is 1. The first-order valence-corrected chi connectivity index (χ1v) is 13.0. The Kier molecular flexibility index (Phi) is 9.66. The maximum Gasteiger partial charge on any atom is 0.242 e. The van der Waals surface area contributed by atoms with Gasteiger partial charge in [0.25, 0.3) is 0 Å². The summed E-state index contributed by atoms with van der Waals surface area (Å²) in [5.41, 5.74) is 3.51. The van der Waals surface area contributed by atoms with Gasteiger partial charge in [-0.2, -0.15) is 11.8 Å². The van der Waals surface area contributed by atoms with Gasteiger partial charge < -0.3 is 10.2 Å². The van der Waals surface area contributed by atoms with Crippen LogP contribution >= 0.6 is 11.8 Å². The lowest BCUT2D eigenvalue weighted by atomic mass is 9.95. The second kappa shape index (κ2) is 12.7. The summed E-state index contributed by atoms with van der Waals surface area (Å²) in [6.45, 7) is 4.37. The van der Waals surface area contributed by atoms with Crippen molar-refractivity contribution in [1.82, 2.24) is 10.2 Å². The van der Waals surface area contributed by atoms with Crippen LogP contribution in [0.5, 0.6) is 0 Å². The topological polar surface area (TPSA) is 49.4 Å². The molecule has 0 heterocycles. The number of carbonyl (C=O) groups is 2. The van der Waals surface area contributed by atoms with Gasteiger partial charge >= 0.3 is 0 Å². The van der Waals surface area contributed by atoms with E-state index in [0.717, 1.165) is 29.9 Å². The van der Waals surface area contributed by atoms with Gasteiger partial charge in [-0.25, -0.2) is 0 Å². The number of aryl methyl sites for hydroxylation is 1. The fourth-order valence-electron chi connectivity index (χ4n) is 4.11. The third-order valence-corrected chi connectivity index (χ3v) is 7.19. The van der Waals surface area contributed by atoms with Crippen LogP contribution in [0.15, 0.2) is 54.6 Å². The van der Waals surface area contributed by atoms with E-state index in [1.165, 1.54) is 30.4 Å². The van der Waals surface area contributed by atoms with E-state index in [-0.39, 0.29) is 17.9 Å². The number of hydrogen-bond donors (Lipinski definition) is 1. The summed E-state index contributed by atoms with van der Waals surface area (Å²) in [5, 5.41) is 3.20. The highest BCUT2D eigenvalue weighted by Crippen LogP contribution is 2.19. The zero-order chi connectivity index (χ0) is 22.8. The van der Waals surface area contributed by atoms with E-state index < -0.39 is 6.04 Å². The molecular formula is C27H36N2O2S. The van der Waals surface area contributed by atoms with Crippen molar-refractivity contribution in [2.45, 2.75) is 76.8 Å². The van der Waals surface area contributed by atoms with E-state index in [1.54, 1.807) is 16.7 Å². The lowest BCUT2D eigenvalue weighted by Gasteiger charge is -2.31. The fraction of sp³-hybridized carbons (Fsp3) is 0.481. The van der Waals surface area contributed by atoms with Crippen LogP contribution in [-0.4, -0.2) is 34.6 Å². The molecule has 1 aliphatic rings. The van der Waals surface area contributed by atoms with Gasteiger partial charge in [0.2, 0.25) is 11.8 Å². The van der Waals surface area contributed by atoms with Crippen molar-refractivity contribution in [3.8, 4) is 0 Å². The van der Waals surface area contributed by atoms with E-state index in [4.69, 9.17) is 0 Å². The summed E-state index contributed by atoms with van der Waals surface area (Å²) in [6.07, 6.45) is 6.11. The number of benzene rings is 2. The Balaban J connectivity index is 1.59. The number of amides is 2. The summed E-state index contributed by atoms with van der Waals surface area (Å²) >= 11 is 1.76. The predicted molar refractivity (Wildman–Crippen MR) is 133 cm³/mol. The molecule has 0 bridgehead atoms. The highest BCUT2D eigenvalue weighted by Gasteiger charge is 2.27. The number of carbonyl (C=O) groups excluding carboxylic acids is 2. The molecule has 0 aromatic heterocycles. The molecule has 5 heteroatoms. The van der Waals surface area contributed by atoms with Crippen molar-refractivity contribution in [1.29, 1.82) is 0 Å². The first-order chi connectivity index (χ1) is 15.5. The summed E-state index contributed by atoms with van der Waals surface area (Å²) in [4.78, 5) is 28.0. The first-order valence-electron chi connectivity index (χ1n) is 11.8. The van der Waals surface area contributed by atoms with E-state index in [1.807, 2.05) is 37.3 Å². The average molecular weight is 453 g/mol. The van der Waals surface area contributed by atoms with Crippen molar-refractivity contribution in [3.63, 3.8) is 0 Å². The molecule has 1 atom stereocenters. The van der Waals surface area contributed by atoms with Crippen LogP contribution in [0.1, 0.15) is 62.1 Å². The molecule has 2 aromatic rings. The third kappa shape index (κ3) is 7.70. The molecule has 2 amide bonds. The Morgan fingerprint density at radius 3 is 2.38 bits per heavy atom. The highest BCUT2D eigenvalue weighted by molar-refractivity contribution is 7.98. The summed E-state index contributed by atoms with van der Waals surface area (Å²) < 4.78 is 0. The number of rotatable bonds is 10. The molecule has 2 aromatic carbocycles. The second-order valence-electron chi connectivity index (χ2n) is 8.81. The van der Waals surface area contributed by atoms with Crippen LogP contribution in [0.2, 0.25) is 0 Å². The lowest BCUT2D eigenvalue weighted by Crippen LogP contribution is -2.50. The second-order valence-corrected chi connectivity index (χ2v) is 9.92. The van der Waals surface area contributed by atoms with Crippen LogP contribution in [0.4, 0.5) is 0 Å². The Bertz CT molecular complexity index is 848. The van der Waals surface area contributed by atoms with E-state index in [9.17, 15) is 9.59 Å². The van der Waals surface area contributed by atoms with Gasteiger partial charge in [-0.05, 0) is 37.8 Å². The quantitative estimate of drug-likeness (QED) is 0.485. The van der Waals surface area contributed by atoms with Gasteiger partial charge in [-0.1, -0.05) is 79.4 Å². The molecular weight excluding hydrogens is 416 g/mol. The monoisotopic (exact) mass is 452 g/mol. The fourth-order valence-corrected chi connectivity index (χ4v) is 5.00. The molecule has 4 nitrogen and oxygen atoms in total. The molecule has 1 fully saturated rings. The van der Waals surface area contributed by atoms with Crippen molar-refractivity contribution >= 4 is 23.6 Å². The predicted octanol–water partition coefficient (Wildman–Crippen LogP) is 5.48. The SMILES string of the molecule is Cc1ccc(CN(C(=O)CCSCc2ccccc2)[C@H](C)C(=O)NC2CCCCC2)cc1. The van der Waals surface area contributed by atoms with Gasteiger partial charge in [0, 0.05) is 30.5 Å². The minimum Gasteiger partial charge on any atom is -0.352 e. The zero-order valence-corrected chi connectivity index (χ0v) is 20.2. The van der Waals surface area contributed by atoms with Gasteiger partial charge in [0.15, 0.2) is 0 Å². The van der Waals surface area contributed by atoms with Crippen molar-refractivity contribution in [3.05, 3.63) is 71.3 Å². The van der Waals surface area contributed by atoms with Crippen LogP contribution in [-0.2, 0) is 21.9 Å². The number of nitrogens with zero attached hydrogens (tertiary/aromatic N) is 1. The van der Waals surface area contributed by atoms with Crippen LogP contribution in [0.25, 0.3) is 0 Å². The largest absolute Gasteiger partial charge is 0.352 e. The summed E-state index contributed by atoms with van der Waals surface area (Å²) in [5.74, 6) is 1.64.